The number of hydrogen-bond acceptors (Lipinski definition) is 4. The maximum absolute atomic E-state index is 11.5. The van der Waals surface area contributed by atoms with Crippen molar-refractivity contribution in [2.45, 2.75) is 32.9 Å². The predicted octanol–water partition coefficient (Wildman–Crippen LogP) is 3.44. The number of carbonyl (C=O) groups is 1. The highest BCUT2D eigenvalue weighted by atomic mass is 32.1. The SMILES string of the molecule is Cc1sc2ccc(N3CC(C)N(C)C(C)C3)cc2c1C(=O)O. The molecule has 1 aromatic carbocycles. The lowest BCUT2D eigenvalue weighted by Gasteiger charge is -2.43. The first-order valence-electron chi connectivity index (χ1n) is 7.61. The quantitative estimate of drug-likeness (QED) is 0.921. The van der Waals surface area contributed by atoms with Crippen molar-refractivity contribution in [3.05, 3.63) is 28.6 Å². The van der Waals surface area contributed by atoms with E-state index in [1.807, 2.05) is 13.0 Å². The standard InChI is InChI=1S/C17H22N2O2S/c1-10-8-19(9-11(2)18(10)4)13-5-6-15-14(7-13)16(17(20)21)12(3)22-15/h5-7,10-11H,8-9H2,1-4H3,(H,20,21). The summed E-state index contributed by atoms with van der Waals surface area (Å²) in [4.78, 5) is 17.2. The molecule has 0 radical (unpaired) electrons. The number of aromatic carboxylic acids is 1. The third-order valence-corrected chi connectivity index (χ3v) is 5.87. The molecule has 0 aliphatic carbocycles. The summed E-state index contributed by atoms with van der Waals surface area (Å²) in [5.41, 5.74) is 1.58. The largest absolute Gasteiger partial charge is 0.478 e. The highest BCUT2D eigenvalue weighted by Gasteiger charge is 2.27. The molecule has 3 rings (SSSR count). The Morgan fingerprint density at radius 2 is 1.91 bits per heavy atom. The van der Waals surface area contributed by atoms with Crippen molar-refractivity contribution < 1.29 is 9.90 Å². The first kappa shape index (κ1) is 15.3. The van der Waals surface area contributed by atoms with Gasteiger partial charge in [-0.1, -0.05) is 0 Å². The van der Waals surface area contributed by atoms with Crippen molar-refractivity contribution in [1.29, 1.82) is 0 Å². The van der Waals surface area contributed by atoms with E-state index in [4.69, 9.17) is 0 Å². The zero-order chi connectivity index (χ0) is 16.0. The molecule has 1 aliphatic heterocycles. The Bertz CT molecular complexity index is 713. The fourth-order valence-corrected chi connectivity index (χ4v) is 4.32. The Hall–Kier alpha value is -1.59. The van der Waals surface area contributed by atoms with Gasteiger partial charge in [-0.05, 0) is 46.0 Å². The van der Waals surface area contributed by atoms with Gasteiger partial charge >= 0.3 is 5.97 Å². The summed E-state index contributed by atoms with van der Waals surface area (Å²) in [6.45, 7) is 8.29. The van der Waals surface area contributed by atoms with Crippen LogP contribution in [0.2, 0.25) is 0 Å². The van der Waals surface area contributed by atoms with Crippen LogP contribution in [0.3, 0.4) is 0 Å². The fourth-order valence-electron chi connectivity index (χ4n) is 3.29. The van der Waals surface area contributed by atoms with E-state index in [9.17, 15) is 9.90 Å². The van der Waals surface area contributed by atoms with Crippen LogP contribution in [0.5, 0.6) is 0 Å². The molecule has 0 bridgehead atoms. The van der Waals surface area contributed by atoms with Gasteiger partial charge in [0, 0.05) is 45.8 Å². The molecular formula is C17H22N2O2S. The number of hydrogen-bond donors (Lipinski definition) is 1. The average molecular weight is 318 g/mol. The molecule has 1 aliphatic rings. The zero-order valence-corrected chi connectivity index (χ0v) is 14.3. The highest BCUT2D eigenvalue weighted by molar-refractivity contribution is 7.19. The van der Waals surface area contributed by atoms with Crippen molar-refractivity contribution >= 4 is 33.1 Å². The number of aryl methyl sites for hydroxylation is 1. The van der Waals surface area contributed by atoms with Gasteiger partial charge in [-0.3, -0.25) is 4.90 Å². The third-order valence-electron chi connectivity index (χ3n) is 4.79. The number of carboxylic acids is 1. The molecule has 2 atom stereocenters. The fraction of sp³-hybridized carbons (Fsp3) is 0.471. The highest BCUT2D eigenvalue weighted by Crippen LogP contribution is 2.34. The van der Waals surface area contributed by atoms with Gasteiger partial charge in [-0.2, -0.15) is 0 Å². The minimum absolute atomic E-state index is 0.456. The number of anilines is 1. The van der Waals surface area contributed by atoms with Gasteiger partial charge in [0.1, 0.15) is 0 Å². The Morgan fingerprint density at radius 3 is 2.50 bits per heavy atom. The van der Waals surface area contributed by atoms with Crippen molar-refractivity contribution in [3.63, 3.8) is 0 Å². The van der Waals surface area contributed by atoms with Crippen LogP contribution in [-0.2, 0) is 0 Å². The minimum Gasteiger partial charge on any atom is -0.478 e. The molecule has 2 aromatic rings. The molecule has 1 fully saturated rings. The van der Waals surface area contributed by atoms with E-state index in [0.29, 0.717) is 17.6 Å². The minimum atomic E-state index is -0.832. The Morgan fingerprint density at radius 1 is 1.27 bits per heavy atom. The number of rotatable bonds is 2. The Balaban J connectivity index is 2.01. The van der Waals surface area contributed by atoms with Gasteiger partial charge < -0.3 is 10.0 Å². The lowest BCUT2D eigenvalue weighted by Crippen LogP contribution is -2.55. The molecule has 0 spiro atoms. The van der Waals surface area contributed by atoms with Crippen LogP contribution in [-0.4, -0.2) is 48.2 Å². The monoisotopic (exact) mass is 318 g/mol. The number of nitrogens with zero attached hydrogens (tertiary/aromatic N) is 2. The molecule has 0 amide bonds. The van der Waals surface area contributed by atoms with Crippen LogP contribution in [0, 0.1) is 6.92 Å². The van der Waals surface area contributed by atoms with Crippen molar-refractivity contribution in [1.82, 2.24) is 4.90 Å². The van der Waals surface area contributed by atoms with E-state index in [1.54, 1.807) is 11.3 Å². The number of carboxylic acid groups (broad SMARTS) is 1. The molecule has 1 saturated heterocycles. The normalized spacial score (nSPS) is 23.2. The molecule has 1 aromatic heterocycles. The van der Waals surface area contributed by atoms with Gasteiger partial charge in [-0.25, -0.2) is 4.79 Å². The molecule has 2 heterocycles. The summed E-state index contributed by atoms with van der Waals surface area (Å²) in [5.74, 6) is -0.832. The molecule has 2 unspecified atom stereocenters. The molecule has 1 N–H and O–H groups in total. The summed E-state index contributed by atoms with van der Waals surface area (Å²) in [7, 11) is 2.17. The summed E-state index contributed by atoms with van der Waals surface area (Å²) < 4.78 is 1.05. The summed E-state index contributed by atoms with van der Waals surface area (Å²) in [5, 5.41) is 10.3. The van der Waals surface area contributed by atoms with Gasteiger partial charge in [0.05, 0.1) is 5.56 Å². The van der Waals surface area contributed by atoms with Gasteiger partial charge in [0.2, 0.25) is 0 Å². The lowest BCUT2D eigenvalue weighted by molar-refractivity contribution is 0.0699. The smallest absolute Gasteiger partial charge is 0.337 e. The maximum Gasteiger partial charge on any atom is 0.337 e. The second kappa shape index (κ2) is 5.56. The van der Waals surface area contributed by atoms with Crippen LogP contribution >= 0.6 is 11.3 Å². The molecule has 0 saturated carbocycles. The lowest BCUT2D eigenvalue weighted by atomic mass is 10.1. The molecular weight excluding hydrogens is 296 g/mol. The van der Waals surface area contributed by atoms with Crippen LogP contribution < -0.4 is 4.90 Å². The number of benzene rings is 1. The van der Waals surface area contributed by atoms with Crippen LogP contribution in [0.4, 0.5) is 5.69 Å². The summed E-state index contributed by atoms with van der Waals surface area (Å²) >= 11 is 1.56. The second-order valence-corrected chi connectivity index (χ2v) is 7.54. The van der Waals surface area contributed by atoms with Crippen molar-refractivity contribution in [2.24, 2.45) is 0 Å². The maximum atomic E-state index is 11.5. The van der Waals surface area contributed by atoms with E-state index >= 15 is 0 Å². The first-order valence-corrected chi connectivity index (χ1v) is 8.43. The van der Waals surface area contributed by atoms with Crippen molar-refractivity contribution in [2.75, 3.05) is 25.0 Å². The number of thiophene rings is 1. The van der Waals surface area contributed by atoms with Gasteiger partial charge in [-0.15, -0.1) is 11.3 Å². The van der Waals surface area contributed by atoms with Crippen molar-refractivity contribution in [3.8, 4) is 0 Å². The number of fused-ring (bicyclic) bond motifs is 1. The van der Waals surface area contributed by atoms with Crippen LogP contribution in [0.25, 0.3) is 10.1 Å². The summed E-state index contributed by atoms with van der Waals surface area (Å²) in [6.07, 6.45) is 0. The molecule has 5 heteroatoms. The number of piperazine rings is 1. The van der Waals surface area contributed by atoms with Crippen LogP contribution in [0.1, 0.15) is 29.1 Å². The van der Waals surface area contributed by atoms with E-state index in [1.165, 1.54) is 0 Å². The molecule has 22 heavy (non-hydrogen) atoms. The van der Waals surface area contributed by atoms with Crippen LogP contribution in [0.15, 0.2) is 18.2 Å². The van der Waals surface area contributed by atoms with E-state index < -0.39 is 5.97 Å². The first-order chi connectivity index (χ1) is 10.4. The van der Waals surface area contributed by atoms with Gasteiger partial charge in [0.15, 0.2) is 0 Å². The number of likely N-dealkylation sites (N-methyl/N-ethyl adjacent to an activating group) is 1. The average Bonchev–Trinajstić information content (AvgIpc) is 2.79. The zero-order valence-electron chi connectivity index (χ0n) is 13.5. The Kier molecular flexibility index (Phi) is 3.87. The molecule has 118 valence electrons. The predicted molar refractivity (Wildman–Crippen MR) is 92.4 cm³/mol. The topological polar surface area (TPSA) is 43.8 Å². The van der Waals surface area contributed by atoms with E-state index in [2.05, 4.69) is 42.8 Å². The van der Waals surface area contributed by atoms with Gasteiger partial charge in [0.25, 0.3) is 0 Å². The van der Waals surface area contributed by atoms with E-state index in [0.717, 1.165) is 33.7 Å². The van der Waals surface area contributed by atoms with E-state index in [-0.39, 0.29) is 0 Å². The third kappa shape index (κ3) is 2.48. The Labute approximate surface area is 135 Å². The molecule has 4 nitrogen and oxygen atoms in total. The second-order valence-electron chi connectivity index (χ2n) is 6.29. The summed E-state index contributed by atoms with van der Waals surface area (Å²) in [6, 6.07) is 7.20.